The van der Waals surface area contributed by atoms with Crippen LogP contribution in [0.4, 0.5) is 5.69 Å². The maximum atomic E-state index is 7.99. The lowest BCUT2D eigenvalue weighted by atomic mass is 9.98. The highest BCUT2D eigenvalue weighted by Gasteiger charge is 2.49. The first-order chi connectivity index (χ1) is 6.78. The van der Waals surface area contributed by atoms with Crippen LogP contribution in [0.1, 0.15) is 19.8 Å². The first kappa shape index (κ1) is 6.30. The topological polar surface area (TPSA) is 21.3 Å². The fourth-order valence-electron chi connectivity index (χ4n) is 2.10. The molecule has 13 heavy (non-hydrogen) atoms. The number of hydrogen-bond donors (Lipinski definition) is 1. The minimum absolute atomic E-state index is 0.101. The quantitative estimate of drug-likeness (QED) is 0.708. The van der Waals surface area contributed by atoms with E-state index in [2.05, 4.69) is 11.4 Å². The number of methoxy groups -OCH3 is 1. The van der Waals surface area contributed by atoms with E-state index in [0.29, 0.717) is 0 Å². The molecule has 1 aliphatic carbocycles. The van der Waals surface area contributed by atoms with Gasteiger partial charge in [-0.1, -0.05) is 12.1 Å². The number of fused-ring (bicyclic) bond motifs is 2. The fourth-order valence-corrected chi connectivity index (χ4v) is 2.10. The van der Waals surface area contributed by atoms with Gasteiger partial charge in [-0.2, -0.15) is 0 Å². The van der Waals surface area contributed by atoms with Crippen molar-refractivity contribution in [1.29, 1.82) is 0 Å². The van der Waals surface area contributed by atoms with Gasteiger partial charge in [0.1, 0.15) is 5.75 Å². The van der Waals surface area contributed by atoms with E-state index >= 15 is 0 Å². The average molecular weight is 176 g/mol. The van der Waals surface area contributed by atoms with Gasteiger partial charge < -0.3 is 10.1 Å². The molecular weight excluding hydrogens is 162 g/mol. The van der Waals surface area contributed by atoms with Crippen molar-refractivity contribution in [1.82, 2.24) is 0 Å². The molecule has 1 atom stereocenters. The second-order valence-corrected chi connectivity index (χ2v) is 3.83. The third kappa shape index (κ3) is 0.831. The van der Waals surface area contributed by atoms with Crippen molar-refractivity contribution in [2.75, 3.05) is 18.9 Å². The lowest BCUT2D eigenvalue weighted by Gasteiger charge is -2.07. The molecule has 1 spiro atoms. The summed E-state index contributed by atoms with van der Waals surface area (Å²) in [6.07, 6.45) is 2.27. The molecule has 0 amide bonds. The van der Waals surface area contributed by atoms with Crippen LogP contribution in [0, 0.1) is 0 Å². The summed E-state index contributed by atoms with van der Waals surface area (Å²) in [7, 11) is 1.67. The summed E-state index contributed by atoms with van der Waals surface area (Å²) in [5.41, 5.74) is 2.41. The molecule has 2 heteroatoms. The smallest absolute Gasteiger partial charge is 0.142 e. The van der Waals surface area contributed by atoms with E-state index < -0.39 is 0 Å². The van der Waals surface area contributed by atoms with Gasteiger partial charge in [-0.3, -0.25) is 0 Å². The SMILES string of the molecule is [2H]C1Nc2c(OC)cccc2C12CC2. The molecule has 0 aromatic heterocycles. The molecular formula is C11H13NO. The summed E-state index contributed by atoms with van der Waals surface area (Å²) in [5.74, 6) is 0.864. The molecule has 1 fully saturated rings. The van der Waals surface area contributed by atoms with E-state index in [-0.39, 0.29) is 11.9 Å². The van der Waals surface area contributed by atoms with Crippen LogP contribution in [-0.2, 0) is 5.41 Å². The van der Waals surface area contributed by atoms with Gasteiger partial charge in [0.25, 0.3) is 0 Å². The molecule has 2 nitrogen and oxygen atoms in total. The predicted octanol–water partition coefficient (Wildman–Crippen LogP) is 2.15. The highest BCUT2D eigenvalue weighted by Crippen LogP contribution is 2.56. The van der Waals surface area contributed by atoms with Crippen LogP contribution < -0.4 is 10.1 Å². The second kappa shape index (κ2) is 2.19. The fraction of sp³-hybridized carbons (Fsp3) is 0.455. The average Bonchev–Trinajstić information content (AvgIpc) is 2.93. The van der Waals surface area contributed by atoms with Crippen LogP contribution in [-0.4, -0.2) is 13.6 Å². The van der Waals surface area contributed by atoms with E-state index in [1.165, 1.54) is 5.56 Å². The van der Waals surface area contributed by atoms with Gasteiger partial charge in [0, 0.05) is 13.3 Å². The van der Waals surface area contributed by atoms with Crippen LogP contribution in [0.15, 0.2) is 18.2 Å². The Kier molecular flexibility index (Phi) is 1.06. The predicted molar refractivity (Wildman–Crippen MR) is 52.4 cm³/mol. The van der Waals surface area contributed by atoms with Gasteiger partial charge in [0.15, 0.2) is 0 Å². The summed E-state index contributed by atoms with van der Waals surface area (Å²) in [5, 5.41) is 3.21. The zero-order chi connectivity index (χ0) is 9.76. The van der Waals surface area contributed by atoms with Crippen LogP contribution in [0.2, 0.25) is 0 Å². The highest BCUT2D eigenvalue weighted by atomic mass is 16.5. The normalized spacial score (nSPS) is 27.8. The van der Waals surface area contributed by atoms with Crippen molar-refractivity contribution >= 4 is 5.69 Å². The van der Waals surface area contributed by atoms with Crippen molar-refractivity contribution in [2.24, 2.45) is 0 Å². The summed E-state index contributed by atoms with van der Waals surface area (Å²) >= 11 is 0. The molecule has 1 heterocycles. The molecule has 0 saturated heterocycles. The Morgan fingerprint density at radius 3 is 3.08 bits per heavy atom. The highest BCUT2D eigenvalue weighted by molar-refractivity contribution is 5.70. The van der Waals surface area contributed by atoms with Gasteiger partial charge in [0.2, 0.25) is 0 Å². The number of para-hydroxylation sites is 1. The van der Waals surface area contributed by atoms with E-state index in [4.69, 9.17) is 6.11 Å². The minimum Gasteiger partial charge on any atom is -0.495 e. The van der Waals surface area contributed by atoms with Crippen LogP contribution in [0.5, 0.6) is 5.75 Å². The summed E-state index contributed by atoms with van der Waals surface area (Å²) in [6.45, 7) is -0.186. The van der Waals surface area contributed by atoms with Crippen molar-refractivity contribution in [3.63, 3.8) is 0 Å². The number of rotatable bonds is 1. The molecule has 1 saturated carbocycles. The summed E-state index contributed by atoms with van der Waals surface area (Å²) in [6, 6.07) is 6.07. The lowest BCUT2D eigenvalue weighted by molar-refractivity contribution is 0.416. The number of nitrogens with one attached hydrogen (secondary N) is 1. The largest absolute Gasteiger partial charge is 0.495 e. The molecule has 0 bridgehead atoms. The Bertz CT molecular complexity index is 387. The van der Waals surface area contributed by atoms with Gasteiger partial charge in [0.05, 0.1) is 12.8 Å². The lowest BCUT2D eigenvalue weighted by Crippen LogP contribution is -2.07. The third-order valence-electron chi connectivity index (χ3n) is 3.06. The molecule has 1 aromatic carbocycles. The number of anilines is 1. The van der Waals surface area contributed by atoms with Crippen molar-refractivity contribution in [2.45, 2.75) is 18.3 Å². The molecule has 3 rings (SSSR count). The van der Waals surface area contributed by atoms with Crippen molar-refractivity contribution in [3.05, 3.63) is 23.8 Å². The zero-order valence-corrected chi connectivity index (χ0v) is 7.63. The molecule has 1 aromatic rings. The molecule has 1 aliphatic heterocycles. The molecule has 2 aliphatic rings. The first-order valence-electron chi connectivity index (χ1n) is 5.22. The summed E-state index contributed by atoms with van der Waals surface area (Å²) < 4.78 is 13.3. The maximum absolute atomic E-state index is 7.99. The molecule has 0 radical (unpaired) electrons. The van der Waals surface area contributed by atoms with E-state index in [0.717, 1.165) is 24.3 Å². The second-order valence-electron chi connectivity index (χ2n) is 3.83. The Morgan fingerprint density at radius 1 is 1.54 bits per heavy atom. The van der Waals surface area contributed by atoms with E-state index in [1.54, 1.807) is 7.11 Å². The third-order valence-corrected chi connectivity index (χ3v) is 3.06. The van der Waals surface area contributed by atoms with Crippen molar-refractivity contribution in [3.8, 4) is 5.75 Å². The summed E-state index contributed by atoms with van der Waals surface area (Å²) in [4.78, 5) is 0. The van der Waals surface area contributed by atoms with Gasteiger partial charge in [-0.05, 0) is 24.5 Å². The zero-order valence-electron chi connectivity index (χ0n) is 8.63. The Morgan fingerprint density at radius 2 is 2.38 bits per heavy atom. The van der Waals surface area contributed by atoms with Gasteiger partial charge in [-0.15, -0.1) is 0 Å². The number of benzene rings is 1. The van der Waals surface area contributed by atoms with Crippen LogP contribution >= 0.6 is 0 Å². The number of ether oxygens (including phenoxy) is 1. The molecule has 1 unspecified atom stereocenters. The van der Waals surface area contributed by atoms with Gasteiger partial charge >= 0.3 is 0 Å². The molecule has 68 valence electrons. The maximum Gasteiger partial charge on any atom is 0.142 e. The van der Waals surface area contributed by atoms with Crippen LogP contribution in [0.25, 0.3) is 0 Å². The van der Waals surface area contributed by atoms with E-state index in [1.807, 2.05) is 12.1 Å². The standard InChI is InChI=1S/C11H13NO/c1-13-9-4-2-3-8-10(9)12-7-11(8)5-6-11/h2-4,12H,5-7H2,1H3/i7D. The number of hydrogen-bond acceptors (Lipinski definition) is 2. The Balaban J connectivity index is 2.17. The monoisotopic (exact) mass is 176 g/mol. The molecule has 1 N–H and O–H groups in total. The van der Waals surface area contributed by atoms with Gasteiger partial charge in [-0.25, -0.2) is 0 Å². The Labute approximate surface area is 79.3 Å². The van der Waals surface area contributed by atoms with E-state index in [9.17, 15) is 0 Å². The van der Waals surface area contributed by atoms with Crippen LogP contribution in [0.3, 0.4) is 0 Å². The Hall–Kier alpha value is -1.18. The minimum atomic E-state index is -0.186. The van der Waals surface area contributed by atoms with Crippen molar-refractivity contribution < 1.29 is 6.11 Å². The first-order valence-corrected chi connectivity index (χ1v) is 4.64.